The van der Waals surface area contributed by atoms with Gasteiger partial charge in [-0.05, 0) is 49.0 Å². The fourth-order valence-electron chi connectivity index (χ4n) is 2.29. The Balaban J connectivity index is 2.18. The quantitative estimate of drug-likeness (QED) is 0.725. The Kier molecular flexibility index (Phi) is 7.24. The minimum atomic E-state index is 0.0449. The van der Waals surface area contributed by atoms with Crippen LogP contribution in [-0.2, 0) is 4.74 Å². The molecule has 1 N–H and O–H groups in total. The number of anilines is 1. The summed E-state index contributed by atoms with van der Waals surface area (Å²) in [5.74, 6) is 0. The maximum Gasteiger partial charge on any atom is 0.174 e. The van der Waals surface area contributed by atoms with E-state index in [9.17, 15) is 0 Å². The van der Waals surface area contributed by atoms with E-state index in [-0.39, 0.29) is 6.04 Å². The minimum absolute atomic E-state index is 0.0449. The summed E-state index contributed by atoms with van der Waals surface area (Å²) in [6.07, 6.45) is 3.59. The Labute approximate surface area is 157 Å². The molecule has 7 heteroatoms. The second-order valence-corrected chi connectivity index (χ2v) is 6.50. The van der Waals surface area contributed by atoms with Crippen LogP contribution in [0.1, 0.15) is 18.5 Å². The Morgan fingerprint density at radius 1 is 1.33 bits per heavy atom. The van der Waals surface area contributed by atoms with Gasteiger partial charge < -0.3 is 15.0 Å². The van der Waals surface area contributed by atoms with Gasteiger partial charge in [0.15, 0.2) is 5.11 Å². The van der Waals surface area contributed by atoms with Gasteiger partial charge in [-0.3, -0.25) is 4.98 Å². The molecule has 128 valence electrons. The van der Waals surface area contributed by atoms with Gasteiger partial charge in [-0.15, -0.1) is 0 Å². The Morgan fingerprint density at radius 3 is 2.62 bits per heavy atom. The van der Waals surface area contributed by atoms with Gasteiger partial charge in [0.05, 0.1) is 12.6 Å². The molecule has 0 aliphatic rings. The van der Waals surface area contributed by atoms with E-state index < -0.39 is 0 Å². The van der Waals surface area contributed by atoms with Crippen LogP contribution >= 0.6 is 35.4 Å². The highest BCUT2D eigenvalue weighted by molar-refractivity contribution is 7.80. The smallest absolute Gasteiger partial charge is 0.174 e. The first-order valence-corrected chi connectivity index (χ1v) is 8.60. The van der Waals surface area contributed by atoms with Crippen LogP contribution in [-0.4, -0.2) is 35.3 Å². The molecule has 1 unspecified atom stereocenters. The molecule has 0 amide bonds. The molecular formula is C17H19Cl2N3OS. The minimum Gasteiger partial charge on any atom is -0.383 e. The van der Waals surface area contributed by atoms with E-state index in [4.69, 9.17) is 40.2 Å². The van der Waals surface area contributed by atoms with E-state index >= 15 is 0 Å². The zero-order valence-corrected chi connectivity index (χ0v) is 15.8. The summed E-state index contributed by atoms with van der Waals surface area (Å²) < 4.78 is 5.21. The van der Waals surface area contributed by atoms with Crippen LogP contribution in [0, 0.1) is 0 Å². The normalized spacial score (nSPS) is 11.8. The van der Waals surface area contributed by atoms with Gasteiger partial charge in [0.2, 0.25) is 0 Å². The third-order valence-electron chi connectivity index (χ3n) is 3.55. The molecule has 1 atom stereocenters. The molecule has 2 rings (SSSR count). The molecule has 2 aromatic rings. The Hall–Kier alpha value is -1.40. The zero-order chi connectivity index (χ0) is 17.5. The summed E-state index contributed by atoms with van der Waals surface area (Å²) in [5.41, 5.74) is 1.82. The molecule has 0 saturated carbocycles. The second kappa shape index (κ2) is 9.18. The van der Waals surface area contributed by atoms with Crippen LogP contribution in [0.4, 0.5) is 5.69 Å². The molecule has 0 saturated heterocycles. The van der Waals surface area contributed by atoms with Gasteiger partial charge in [0, 0.05) is 41.8 Å². The topological polar surface area (TPSA) is 37.4 Å². The number of nitrogens with one attached hydrogen (secondary N) is 1. The van der Waals surface area contributed by atoms with E-state index in [1.165, 1.54) is 0 Å². The number of halogens is 2. The molecule has 1 heterocycles. The van der Waals surface area contributed by atoms with Crippen molar-refractivity contribution in [1.82, 2.24) is 9.88 Å². The lowest BCUT2D eigenvalue weighted by molar-refractivity contribution is 0.165. The fraction of sp³-hybridized carbons (Fsp3) is 0.294. The lowest BCUT2D eigenvalue weighted by atomic mass is 10.1. The molecule has 24 heavy (non-hydrogen) atoms. The van der Waals surface area contributed by atoms with Gasteiger partial charge in [0.1, 0.15) is 0 Å². The first kappa shape index (κ1) is 18.9. The number of thiocarbonyl (C=S) groups is 1. The summed E-state index contributed by atoms with van der Waals surface area (Å²) in [6.45, 7) is 3.28. The van der Waals surface area contributed by atoms with Gasteiger partial charge in [0.25, 0.3) is 0 Å². The lowest BCUT2D eigenvalue weighted by Crippen LogP contribution is -2.39. The largest absolute Gasteiger partial charge is 0.383 e. The standard InChI is InChI=1S/C17H19Cl2N3OS/c1-12(13-4-3-5-20-11-13)22(6-7-23-2)17(24)21-16-9-14(18)8-15(19)10-16/h3-5,8-12H,6-7H2,1-2H3,(H,21,24). The van der Waals surface area contributed by atoms with Crippen molar-refractivity contribution in [3.8, 4) is 0 Å². The van der Waals surface area contributed by atoms with Crippen LogP contribution in [0.2, 0.25) is 10.0 Å². The van der Waals surface area contributed by atoms with Gasteiger partial charge >= 0.3 is 0 Å². The maximum atomic E-state index is 6.05. The van der Waals surface area contributed by atoms with Gasteiger partial charge in [-0.1, -0.05) is 29.3 Å². The molecule has 0 bridgehead atoms. The molecule has 1 aromatic carbocycles. The van der Waals surface area contributed by atoms with E-state index in [1.807, 2.05) is 23.2 Å². The third kappa shape index (κ3) is 5.31. The van der Waals surface area contributed by atoms with Crippen molar-refractivity contribution in [3.63, 3.8) is 0 Å². The molecule has 0 aliphatic heterocycles. The predicted molar refractivity (Wildman–Crippen MR) is 104 cm³/mol. The molecule has 0 radical (unpaired) electrons. The molecular weight excluding hydrogens is 365 g/mol. The van der Waals surface area contributed by atoms with Crippen LogP contribution in [0.5, 0.6) is 0 Å². The number of nitrogens with zero attached hydrogens (tertiary/aromatic N) is 2. The number of ether oxygens (including phenoxy) is 1. The average molecular weight is 384 g/mol. The summed E-state index contributed by atoms with van der Waals surface area (Å²) in [5, 5.41) is 4.87. The molecule has 4 nitrogen and oxygen atoms in total. The van der Waals surface area contributed by atoms with Crippen molar-refractivity contribution in [3.05, 3.63) is 58.3 Å². The monoisotopic (exact) mass is 383 g/mol. The number of rotatable bonds is 6. The fourth-order valence-corrected chi connectivity index (χ4v) is 3.18. The van der Waals surface area contributed by atoms with Crippen molar-refractivity contribution in [2.75, 3.05) is 25.6 Å². The van der Waals surface area contributed by atoms with Crippen molar-refractivity contribution in [2.45, 2.75) is 13.0 Å². The Bertz CT molecular complexity index is 665. The number of hydrogen-bond acceptors (Lipinski definition) is 3. The number of benzene rings is 1. The summed E-state index contributed by atoms with van der Waals surface area (Å²) in [7, 11) is 1.67. The van der Waals surface area contributed by atoms with E-state index in [0.29, 0.717) is 28.3 Å². The van der Waals surface area contributed by atoms with Crippen molar-refractivity contribution < 1.29 is 4.74 Å². The van der Waals surface area contributed by atoms with Crippen LogP contribution in [0.25, 0.3) is 0 Å². The first-order chi connectivity index (χ1) is 11.5. The summed E-state index contributed by atoms with van der Waals surface area (Å²) in [4.78, 5) is 6.22. The van der Waals surface area contributed by atoms with E-state index in [0.717, 1.165) is 11.3 Å². The lowest BCUT2D eigenvalue weighted by Gasteiger charge is -2.32. The van der Waals surface area contributed by atoms with Crippen LogP contribution < -0.4 is 5.32 Å². The second-order valence-electron chi connectivity index (χ2n) is 5.24. The average Bonchev–Trinajstić information content (AvgIpc) is 2.54. The summed E-state index contributed by atoms with van der Waals surface area (Å²) in [6, 6.07) is 9.22. The van der Waals surface area contributed by atoms with Crippen molar-refractivity contribution in [2.24, 2.45) is 0 Å². The number of pyridine rings is 1. The number of hydrogen-bond donors (Lipinski definition) is 1. The molecule has 0 aliphatic carbocycles. The number of methoxy groups -OCH3 is 1. The maximum absolute atomic E-state index is 6.05. The highest BCUT2D eigenvalue weighted by Crippen LogP contribution is 2.24. The van der Waals surface area contributed by atoms with Gasteiger partial charge in [-0.2, -0.15) is 0 Å². The number of aromatic nitrogens is 1. The Morgan fingerprint density at radius 2 is 2.04 bits per heavy atom. The molecule has 0 fully saturated rings. The summed E-state index contributed by atoms with van der Waals surface area (Å²) >= 11 is 17.7. The molecule has 1 aromatic heterocycles. The van der Waals surface area contributed by atoms with E-state index in [1.54, 1.807) is 31.5 Å². The predicted octanol–water partition coefficient (Wildman–Crippen LogP) is 4.79. The SMILES string of the molecule is COCCN(C(=S)Nc1cc(Cl)cc(Cl)c1)C(C)c1cccnc1. The highest BCUT2D eigenvalue weighted by atomic mass is 35.5. The zero-order valence-electron chi connectivity index (χ0n) is 13.5. The van der Waals surface area contributed by atoms with Crippen molar-refractivity contribution in [1.29, 1.82) is 0 Å². The van der Waals surface area contributed by atoms with Gasteiger partial charge in [-0.25, -0.2) is 0 Å². The van der Waals surface area contributed by atoms with E-state index in [2.05, 4.69) is 17.2 Å². The molecule has 0 spiro atoms. The highest BCUT2D eigenvalue weighted by Gasteiger charge is 2.19. The van der Waals surface area contributed by atoms with Crippen LogP contribution in [0.3, 0.4) is 0 Å². The van der Waals surface area contributed by atoms with Crippen molar-refractivity contribution >= 4 is 46.2 Å². The van der Waals surface area contributed by atoms with Crippen LogP contribution in [0.15, 0.2) is 42.7 Å². The first-order valence-electron chi connectivity index (χ1n) is 7.44. The third-order valence-corrected chi connectivity index (χ3v) is 4.32.